The molecule has 0 unspecified atom stereocenters. The molecule has 0 saturated heterocycles. The average Bonchev–Trinajstić information content (AvgIpc) is 2.54. The molecule has 0 atom stereocenters. The lowest BCUT2D eigenvalue weighted by Crippen LogP contribution is -2.11. The van der Waals surface area contributed by atoms with Gasteiger partial charge in [-0.1, -0.05) is 56.5 Å². The van der Waals surface area contributed by atoms with Crippen molar-refractivity contribution in [2.24, 2.45) is 0 Å². The van der Waals surface area contributed by atoms with Crippen molar-refractivity contribution >= 4 is 13.6 Å². The van der Waals surface area contributed by atoms with E-state index in [4.69, 9.17) is 13.6 Å². The van der Waals surface area contributed by atoms with Crippen molar-refractivity contribution in [2.45, 2.75) is 46.5 Å². The lowest BCUT2D eigenvalue weighted by Gasteiger charge is -2.17. The minimum absolute atomic E-state index is 0.247. The Labute approximate surface area is 138 Å². The molecule has 0 N–H and O–H groups in total. The van der Waals surface area contributed by atoms with Crippen molar-refractivity contribution in [3.8, 4) is 0 Å². The molecule has 0 fully saturated rings. The second kappa shape index (κ2) is 10.7. The highest BCUT2D eigenvalue weighted by Gasteiger charge is 2.27. The summed E-state index contributed by atoms with van der Waals surface area (Å²) in [4.78, 5) is 12.1. The molecule has 0 radical (unpaired) electrons. The van der Waals surface area contributed by atoms with Crippen LogP contribution in [0, 0.1) is 6.92 Å². The molecule has 0 bridgehead atoms. The topological polar surface area (TPSA) is 61.8 Å². The minimum Gasteiger partial charge on any atom is -0.292 e. The number of carbonyl (C=O) groups is 1. The summed E-state index contributed by atoms with van der Waals surface area (Å²) in [7, 11) is -3.68. The van der Waals surface area contributed by atoms with E-state index >= 15 is 0 Å². The maximum atomic E-state index is 12.5. The molecule has 6 heteroatoms. The molecule has 130 valence electrons. The smallest absolute Gasteiger partial charge is 0.292 e. The largest absolute Gasteiger partial charge is 0.475 e. The quantitative estimate of drug-likeness (QED) is 0.306. The summed E-state index contributed by atoms with van der Waals surface area (Å²) < 4.78 is 28.3. The molecule has 0 spiro atoms. The monoisotopic (exact) mass is 342 g/mol. The summed E-state index contributed by atoms with van der Waals surface area (Å²) in [6.45, 7) is 6.22. The number of hydrogen-bond acceptors (Lipinski definition) is 5. The van der Waals surface area contributed by atoms with Gasteiger partial charge in [0.15, 0.2) is 5.78 Å². The number of hydrogen-bond donors (Lipinski definition) is 0. The number of unbranched alkanes of at least 4 members (excludes halogenated alkanes) is 2. The zero-order valence-electron chi connectivity index (χ0n) is 14.2. The Kier molecular flexibility index (Phi) is 9.34. The zero-order chi connectivity index (χ0) is 17.1. The molecule has 0 saturated carbocycles. The van der Waals surface area contributed by atoms with E-state index in [9.17, 15) is 9.36 Å². The summed E-state index contributed by atoms with van der Waals surface area (Å²) in [6.07, 6.45) is 3.35. The first kappa shape index (κ1) is 20.0. The van der Waals surface area contributed by atoms with Gasteiger partial charge in [-0.05, 0) is 19.8 Å². The molecule has 1 aromatic carbocycles. The number of aryl methyl sites for hydroxylation is 1. The van der Waals surface area contributed by atoms with Gasteiger partial charge in [0.1, 0.15) is 6.61 Å². The van der Waals surface area contributed by atoms with Crippen molar-refractivity contribution < 1.29 is 22.9 Å². The lowest BCUT2D eigenvalue weighted by molar-refractivity contribution is 0.0794. The van der Waals surface area contributed by atoms with Gasteiger partial charge in [-0.3, -0.25) is 18.4 Å². The SMILES string of the molecule is CCCCOP(=O)(OCCCC)OCC(=O)c1ccc(C)cc1. The van der Waals surface area contributed by atoms with Crippen LogP contribution in [0.15, 0.2) is 24.3 Å². The van der Waals surface area contributed by atoms with E-state index in [2.05, 4.69) is 0 Å². The van der Waals surface area contributed by atoms with Crippen molar-refractivity contribution in [2.75, 3.05) is 19.8 Å². The fraction of sp³-hybridized carbons (Fsp3) is 0.588. The standard InChI is InChI=1S/C17H27O5P/c1-4-6-12-20-23(19,21-13-7-5-2)22-14-17(18)16-10-8-15(3)9-11-16/h8-11H,4-7,12-14H2,1-3H3. The number of phosphoric ester groups is 1. The van der Waals surface area contributed by atoms with E-state index in [0.717, 1.165) is 31.2 Å². The second-order valence-corrected chi connectivity index (χ2v) is 7.05. The molecule has 23 heavy (non-hydrogen) atoms. The highest BCUT2D eigenvalue weighted by molar-refractivity contribution is 7.48. The van der Waals surface area contributed by atoms with Crippen LogP contribution >= 0.6 is 7.82 Å². The molecule has 0 aliphatic rings. The Morgan fingerprint density at radius 1 is 0.957 bits per heavy atom. The first-order valence-corrected chi connectivity index (χ1v) is 9.60. The van der Waals surface area contributed by atoms with Crippen LogP contribution in [0.1, 0.15) is 55.5 Å². The van der Waals surface area contributed by atoms with Crippen LogP contribution in [0.25, 0.3) is 0 Å². The summed E-state index contributed by atoms with van der Waals surface area (Å²) in [6, 6.07) is 7.15. The number of benzene rings is 1. The highest BCUT2D eigenvalue weighted by atomic mass is 31.2. The molecule has 0 aromatic heterocycles. The fourth-order valence-corrected chi connectivity index (χ4v) is 2.92. The summed E-state index contributed by atoms with van der Waals surface area (Å²) in [5.41, 5.74) is 1.59. The third-order valence-electron chi connectivity index (χ3n) is 3.22. The summed E-state index contributed by atoms with van der Waals surface area (Å²) >= 11 is 0. The normalized spacial score (nSPS) is 11.6. The predicted molar refractivity (Wildman–Crippen MR) is 90.8 cm³/mol. The van der Waals surface area contributed by atoms with Crippen LogP contribution in [0.5, 0.6) is 0 Å². The van der Waals surface area contributed by atoms with E-state index in [0.29, 0.717) is 18.8 Å². The van der Waals surface area contributed by atoms with Crippen molar-refractivity contribution in [1.29, 1.82) is 0 Å². The summed E-state index contributed by atoms with van der Waals surface area (Å²) in [5, 5.41) is 0. The Hall–Kier alpha value is -1.00. The van der Waals surface area contributed by atoms with Gasteiger partial charge in [0.05, 0.1) is 13.2 Å². The second-order valence-electron chi connectivity index (χ2n) is 5.38. The van der Waals surface area contributed by atoms with Gasteiger partial charge in [0, 0.05) is 5.56 Å². The van der Waals surface area contributed by atoms with E-state index in [1.165, 1.54) is 0 Å². The molecular formula is C17H27O5P. The minimum atomic E-state index is -3.68. The first-order valence-electron chi connectivity index (χ1n) is 8.14. The first-order chi connectivity index (χ1) is 11.0. The van der Waals surface area contributed by atoms with E-state index in [1.807, 2.05) is 32.9 Å². The van der Waals surface area contributed by atoms with Crippen LogP contribution in [-0.2, 0) is 18.1 Å². The number of rotatable bonds is 12. The van der Waals surface area contributed by atoms with E-state index in [1.54, 1.807) is 12.1 Å². The van der Waals surface area contributed by atoms with Gasteiger partial charge in [0.25, 0.3) is 0 Å². The molecule has 1 rings (SSSR count). The molecule has 0 heterocycles. The number of ketones is 1. The van der Waals surface area contributed by atoms with Crippen LogP contribution in [0.4, 0.5) is 0 Å². The van der Waals surface area contributed by atoms with Crippen LogP contribution < -0.4 is 0 Å². The molecule has 0 aliphatic heterocycles. The molecule has 1 aromatic rings. The number of Topliss-reactive ketones (excluding diaryl/α,β-unsaturated/α-hetero) is 1. The summed E-state index contributed by atoms with van der Waals surface area (Å²) in [5.74, 6) is -0.247. The Bertz CT molecular complexity index is 498. The fourth-order valence-electron chi connectivity index (χ4n) is 1.71. The van der Waals surface area contributed by atoms with Crippen LogP contribution in [-0.4, -0.2) is 25.6 Å². The van der Waals surface area contributed by atoms with Gasteiger partial charge in [-0.2, -0.15) is 0 Å². The molecular weight excluding hydrogens is 315 g/mol. The highest BCUT2D eigenvalue weighted by Crippen LogP contribution is 2.49. The van der Waals surface area contributed by atoms with Gasteiger partial charge in [0.2, 0.25) is 0 Å². The number of carbonyl (C=O) groups excluding carboxylic acids is 1. The van der Waals surface area contributed by atoms with Crippen molar-refractivity contribution in [1.82, 2.24) is 0 Å². The third-order valence-corrected chi connectivity index (χ3v) is 4.66. The van der Waals surface area contributed by atoms with E-state index in [-0.39, 0.29) is 12.4 Å². The van der Waals surface area contributed by atoms with Gasteiger partial charge in [-0.15, -0.1) is 0 Å². The van der Waals surface area contributed by atoms with E-state index < -0.39 is 7.82 Å². The maximum Gasteiger partial charge on any atom is 0.475 e. The van der Waals surface area contributed by atoms with Gasteiger partial charge < -0.3 is 0 Å². The third kappa shape index (κ3) is 7.89. The molecule has 0 amide bonds. The maximum absolute atomic E-state index is 12.5. The van der Waals surface area contributed by atoms with Gasteiger partial charge >= 0.3 is 7.82 Å². The lowest BCUT2D eigenvalue weighted by atomic mass is 10.1. The predicted octanol–water partition coefficient (Wildman–Crippen LogP) is 4.94. The van der Waals surface area contributed by atoms with Crippen molar-refractivity contribution in [3.05, 3.63) is 35.4 Å². The molecule has 0 aliphatic carbocycles. The molecule has 5 nitrogen and oxygen atoms in total. The van der Waals surface area contributed by atoms with Crippen LogP contribution in [0.2, 0.25) is 0 Å². The average molecular weight is 342 g/mol. The van der Waals surface area contributed by atoms with Crippen molar-refractivity contribution in [3.63, 3.8) is 0 Å². The Morgan fingerprint density at radius 3 is 1.96 bits per heavy atom. The zero-order valence-corrected chi connectivity index (χ0v) is 15.1. The Balaban J connectivity index is 2.58. The Morgan fingerprint density at radius 2 is 1.48 bits per heavy atom. The number of phosphoric acid groups is 1. The van der Waals surface area contributed by atoms with Crippen LogP contribution in [0.3, 0.4) is 0 Å². The van der Waals surface area contributed by atoms with Gasteiger partial charge in [-0.25, -0.2) is 4.57 Å².